The Balaban J connectivity index is 1.12. The summed E-state index contributed by atoms with van der Waals surface area (Å²) in [7, 11) is 0. The molecular formula is C50H32N6. The van der Waals surface area contributed by atoms with Gasteiger partial charge in [0, 0.05) is 61.4 Å². The number of benzene rings is 7. The molecule has 0 radical (unpaired) electrons. The van der Waals surface area contributed by atoms with E-state index >= 15 is 0 Å². The highest BCUT2D eigenvalue weighted by Gasteiger charge is 2.20. The normalized spacial score (nSPS) is 11.6. The molecule has 6 nitrogen and oxygen atoms in total. The fraction of sp³-hybridized carbons (Fsp3) is 0. The lowest BCUT2D eigenvalue weighted by molar-refractivity contribution is 1.07. The number of para-hydroxylation sites is 3. The zero-order valence-electron chi connectivity index (χ0n) is 30.2. The van der Waals surface area contributed by atoms with E-state index in [1.54, 1.807) is 0 Å². The number of aromatic nitrogens is 6. The quantitative estimate of drug-likeness (QED) is 0.172. The van der Waals surface area contributed by atoms with Crippen LogP contribution in [0.3, 0.4) is 0 Å². The molecule has 6 heteroatoms. The molecule has 0 aliphatic rings. The minimum absolute atomic E-state index is 0.606. The van der Waals surface area contributed by atoms with Crippen molar-refractivity contribution in [2.45, 2.75) is 0 Å². The van der Waals surface area contributed by atoms with Crippen LogP contribution in [0.15, 0.2) is 194 Å². The van der Waals surface area contributed by atoms with Crippen LogP contribution in [0.4, 0.5) is 0 Å². The van der Waals surface area contributed by atoms with E-state index in [1.807, 2.05) is 72.9 Å². The third-order valence-corrected chi connectivity index (χ3v) is 10.6. The summed E-state index contributed by atoms with van der Waals surface area (Å²) >= 11 is 0. The molecule has 0 atom stereocenters. The number of pyridine rings is 1. The summed E-state index contributed by atoms with van der Waals surface area (Å²) < 4.78 is 4.66. The summed E-state index contributed by atoms with van der Waals surface area (Å²) in [6.45, 7) is 0. The van der Waals surface area contributed by atoms with Crippen molar-refractivity contribution in [1.29, 1.82) is 0 Å². The number of hydrogen-bond acceptors (Lipinski definition) is 4. The van der Waals surface area contributed by atoms with Crippen molar-refractivity contribution in [1.82, 2.24) is 29.1 Å². The van der Waals surface area contributed by atoms with Crippen LogP contribution in [0.2, 0.25) is 0 Å². The van der Waals surface area contributed by atoms with Crippen molar-refractivity contribution in [3.63, 3.8) is 0 Å². The molecule has 56 heavy (non-hydrogen) atoms. The van der Waals surface area contributed by atoms with Crippen LogP contribution >= 0.6 is 0 Å². The average Bonchev–Trinajstić information content (AvgIpc) is 3.80. The van der Waals surface area contributed by atoms with Gasteiger partial charge in [0.05, 0.1) is 16.6 Å². The highest BCUT2D eigenvalue weighted by Crippen LogP contribution is 2.40. The molecule has 0 saturated heterocycles. The maximum atomic E-state index is 5.03. The lowest BCUT2D eigenvalue weighted by Gasteiger charge is -2.13. The molecule has 0 aliphatic carbocycles. The molecule has 0 saturated carbocycles. The van der Waals surface area contributed by atoms with E-state index in [0.717, 1.165) is 61.1 Å². The molecule has 0 spiro atoms. The van der Waals surface area contributed by atoms with Crippen LogP contribution < -0.4 is 0 Å². The van der Waals surface area contributed by atoms with Crippen molar-refractivity contribution < 1.29 is 0 Å². The molecule has 0 fully saturated rings. The van der Waals surface area contributed by atoms with Gasteiger partial charge in [0.15, 0.2) is 17.5 Å². The fourth-order valence-corrected chi connectivity index (χ4v) is 8.09. The second-order valence-corrected chi connectivity index (χ2v) is 13.9. The Bertz CT molecular complexity index is 3180. The SMILES string of the molecule is c1ccc(-c2nc(-c3ccccc3)nc(-c3cccc(-n4c5cc(-c6cccc7c8ccccc8n(-c8ccccc8)c67)ccc5c5cccnc54)c3)n2)cc1. The molecule has 0 unspecified atom stereocenters. The van der Waals surface area contributed by atoms with Gasteiger partial charge in [0.25, 0.3) is 0 Å². The van der Waals surface area contributed by atoms with Crippen LogP contribution in [0.1, 0.15) is 0 Å². The number of fused-ring (bicyclic) bond motifs is 6. The van der Waals surface area contributed by atoms with E-state index in [-0.39, 0.29) is 0 Å². The summed E-state index contributed by atoms with van der Waals surface area (Å²) in [6, 6.07) is 65.5. The summed E-state index contributed by atoms with van der Waals surface area (Å²) in [5.41, 5.74) is 11.5. The van der Waals surface area contributed by atoms with Gasteiger partial charge in [-0.3, -0.25) is 4.57 Å². The van der Waals surface area contributed by atoms with Gasteiger partial charge in [-0.15, -0.1) is 0 Å². The Hall–Kier alpha value is -7.70. The molecular weight excluding hydrogens is 685 g/mol. The predicted molar refractivity (Wildman–Crippen MR) is 228 cm³/mol. The fourth-order valence-electron chi connectivity index (χ4n) is 8.09. The first kappa shape index (κ1) is 31.8. The van der Waals surface area contributed by atoms with Crippen LogP contribution in [0, 0.1) is 0 Å². The Morgan fingerprint density at radius 1 is 0.339 bits per heavy atom. The van der Waals surface area contributed by atoms with Crippen LogP contribution in [-0.2, 0) is 0 Å². The summed E-state index contributed by atoms with van der Waals surface area (Å²) in [4.78, 5) is 19.9. The maximum Gasteiger partial charge on any atom is 0.164 e. The van der Waals surface area contributed by atoms with Gasteiger partial charge in [-0.05, 0) is 54.1 Å². The Morgan fingerprint density at radius 2 is 0.911 bits per heavy atom. The van der Waals surface area contributed by atoms with Crippen molar-refractivity contribution in [3.8, 4) is 56.7 Å². The topological polar surface area (TPSA) is 61.4 Å². The van der Waals surface area contributed by atoms with E-state index in [1.165, 1.54) is 21.8 Å². The number of hydrogen-bond donors (Lipinski definition) is 0. The second-order valence-electron chi connectivity index (χ2n) is 13.9. The lowest BCUT2D eigenvalue weighted by atomic mass is 10.0. The largest absolute Gasteiger partial charge is 0.309 e. The summed E-state index contributed by atoms with van der Waals surface area (Å²) in [5, 5.41) is 4.68. The molecule has 11 aromatic rings. The van der Waals surface area contributed by atoms with E-state index < -0.39 is 0 Å². The minimum atomic E-state index is 0.606. The van der Waals surface area contributed by atoms with Gasteiger partial charge in [0.2, 0.25) is 0 Å². The van der Waals surface area contributed by atoms with Gasteiger partial charge in [-0.1, -0.05) is 140 Å². The van der Waals surface area contributed by atoms with Gasteiger partial charge >= 0.3 is 0 Å². The van der Waals surface area contributed by atoms with Crippen molar-refractivity contribution >= 4 is 43.7 Å². The standard InChI is InChI=1S/C50H32N6/c1-4-15-33(16-5-1)47-52-48(34-17-6-2-7-18-34)54-49(53-47)36-19-12-22-38(31-36)56-45-32-35(28-29-41(45)43-26-14-30-51-50(43)56)39-24-13-25-42-40-23-10-11-27-44(40)55(46(39)42)37-20-8-3-9-21-37/h1-32H. The van der Waals surface area contributed by atoms with E-state index in [2.05, 4.69) is 130 Å². The lowest BCUT2D eigenvalue weighted by Crippen LogP contribution is -2.01. The van der Waals surface area contributed by atoms with Crippen LogP contribution in [0.5, 0.6) is 0 Å². The van der Waals surface area contributed by atoms with Crippen LogP contribution in [0.25, 0.3) is 100 Å². The number of rotatable bonds is 6. The molecule has 0 aliphatic heterocycles. The molecule has 11 rings (SSSR count). The van der Waals surface area contributed by atoms with Crippen molar-refractivity contribution in [2.24, 2.45) is 0 Å². The first-order valence-corrected chi connectivity index (χ1v) is 18.7. The Morgan fingerprint density at radius 3 is 1.66 bits per heavy atom. The molecule has 0 bridgehead atoms. The Kier molecular flexibility index (Phi) is 7.38. The maximum absolute atomic E-state index is 5.03. The van der Waals surface area contributed by atoms with E-state index in [9.17, 15) is 0 Å². The molecule has 0 amide bonds. The first-order valence-electron chi connectivity index (χ1n) is 18.7. The average molecular weight is 717 g/mol. The molecule has 0 N–H and O–H groups in total. The van der Waals surface area contributed by atoms with Crippen molar-refractivity contribution in [3.05, 3.63) is 194 Å². The predicted octanol–water partition coefficient (Wildman–Crippen LogP) is 12.1. The molecule has 7 aromatic carbocycles. The smallest absolute Gasteiger partial charge is 0.164 e. The summed E-state index contributed by atoms with van der Waals surface area (Å²) in [6.07, 6.45) is 1.87. The highest BCUT2D eigenvalue weighted by atomic mass is 15.1. The van der Waals surface area contributed by atoms with Gasteiger partial charge in [0.1, 0.15) is 5.65 Å². The van der Waals surface area contributed by atoms with Crippen LogP contribution in [-0.4, -0.2) is 29.1 Å². The van der Waals surface area contributed by atoms with E-state index in [0.29, 0.717) is 17.5 Å². The zero-order chi connectivity index (χ0) is 37.0. The zero-order valence-corrected chi connectivity index (χ0v) is 30.2. The molecule has 4 heterocycles. The van der Waals surface area contributed by atoms with E-state index in [4.69, 9.17) is 19.9 Å². The summed E-state index contributed by atoms with van der Waals surface area (Å²) in [5.74, 6) is 1.87. The second kappa shape index (κ2) is 13.0. The van der Waals surface area contributed by atoms with Gasteiger partial charge < -0.3 is 4.57 Å². The third kappa shape index (κ3) is 5.19. The molecule has 4 aromatic heterocycles. The van der Waals surface area contributed by atoms with Gasteiger partial charge in [-0.25, -0.2) is 19.9 Å². The molecule has 262 valence electrons. The highest BCUT2D eigenvalue weighted by molar-refractivity contribution is 6.15. The number of nitrogens with zero attached hydrogens (tertiary/aromatic N) is 6. The Labute approximate surface area is 322 Å². The van der Waals surface area contributed by atoms with Gasteiger partial charge in [-0.2, -0.15) is 0 Å². The monoisotopic (exact) mass is 716 g/mol. The minimum Gasteiger partial charge on any atom is -0.309 e. The third-order valence-electron chi connectivity index (χ3n) is 10.6. The first-order chi connectivity index (χ1) is 27.8. The van der Waals surface area contributed by atoms with Crippen molar-refractivity contribution in [2.75, 3.05) is 0 Å².